The van der Waals surface area contributed by atoms with Crippen LogP contribution in [0.5, 0.6) is 0 Å². The van der Waals surface area contributed by atoms with Crippen LogP contribution in [-0.2, 0) is 25.8 Å². The second-order valence-corrected chi connectivity index (χ2v) is 11.2. The predicted molar refractivity (Wildman–Crippen MR) is 130 cm³/mol. The number of hydrogen-bond donors (Lipinski definition) is 5. The van der Waals surface area contributed by atoms with Crippen molar-refractivity contribution in [3.63, 3.8) is 0 Å². The number of thioether (sulfide) groups is 1. The van der Waals surface area contributed by atoms with Gasteiger partial charge in [-0.25, -0.2) is 21.8 Å². The number of halogens is 1. The lowest BCUT2D eigenvalue weighted by molar-refractivity contribution is 0.593. The summed E-state index contributed by atoms with van der Waals surface area (Å²) in [5.74, 6) is 1.16. The first-order valence-corrected chi connectivity index (χ1v) is 13.7. The monoisotopic (exact) mass is 527 g/mol. The van der Waals surface area contributed by atoms with Crippen molar-refractivity contribution in [2.75, 3.05) is 28.6 Å². The van der Waals surface area contributed by atoms with Gasteiger partial charge in [0.15, 0.2) is 11.1 Å². The molecule has 0 aliphatic heterocycles. The lowest BCUT2D eigenvalue weighted by atomic mass is 10.3. The lowest BCUT2D eigenvalue weighted by Gasteiger charge is -2.06. The molecule has 0 atom stereocenters. The van der Waals surface area contributed by atoms with E-state index >= 15 is 0 Å². The fraction of sp³-hybridized carbons (Fsp3) is 0.267. The highest BCUT2D eigenvalue weighted by atomic mass is 35.5. The molecule has 0 aliphatic carbocycles. The predicted octanol–water partition coefficient (Wildman–Crippen LogP) is 1.48. The van der Waals surface area contributed by atoms with Crippen LogP contribution >= 0.6 is 35.5 Å². The topological polar surface area (TPSA) is 179 Å². The number of nitrogens with zero attached hydrogens (tertiary/aromatic N) is 2. The second kappa shape index (κ2) is 12.1. The van der Waals surface area contributed by atoms with Crippen LogP contribution in [-0.4, -0.2) is 52.7 Å². The fourth-order valence-corrected chi connectivity index (χ4v) is 4.97. The van der Waals surface area contributed by atoms with Crippen LogP contribution in [0.15, 0.2) is 39.5 Å². The van der Waals surface area contributed by atoms with Crippen molar-refractivity contribution in [3.05, 3.63) is 35.3 Å². The largest absolute Gasteiger partial charge is 0.370 e. The second-order valence-electron chi connectivity index (χ2n) is 5.79. The van der Waals surface area contributed by atoms with Gasteiger partial charge in [0.05, 0.1) is 23.2 Å². The molecule has 0 unspecified atom stereocenters. The van der Waals surface area contributed by atoms with Gasteiger partial charge in [-0.05, 0) is 24.3 Å². The van der Waals surface area contributed by atoms with Crippen LogP contribution in [0.3, 0.4) is 0 Å². The van der Waals surface area contributed by atoms with Gasteiger partial charge in [-0.15, -0.1) is 23.7 Å². The summed E-state index contributed by atoms with van der Waals surface area (Å²) in [5, 5.41) is 12.2. The molecule has 0 aliphatic rings. The van der Waals surface area contributed by atoms with Crippen LogP contribution in [0.25, 0.3) is 0 Å². The number of benzene rings is 1. The minimum Gasteiger partial charge on any atom is -0.370 e. The normalized spacial score (nSPS) is 11.6. The fourth-order valence-electron chi connectivity index (χ4n) is 2.00. The summed E-state index contributed by atoms with van der Waals surface area (Å²) < 4.78 is 51.3. The number of rotatable bonds is 11. The van der Waals surface area contributed by atoms with Gasteiger partial charge < -0.3 is 11.1 Å². The Morgan fingerprint density at radius 2 is 1.97 bits per heavy atom. The van der Waals surface area contributed by atoms with Crippen molar-refractivity contribution in [3.8, 4) is 0 Å². The number of guanidine groups is 1. The van der Waals surface area contributed by atoms with E-state index in [9.17, 15) is 16.8 Å². The van der Waals surface area contributed by atoms with E-state index in [-0.39, 0.29) is 28.9 Å². The molecule has 0 fully saturated rings. The van der Waals surface area contributed by atoms with E-state index in [1.165, 1.54) is 35.6 Å². The summed E-state index contributed by atoms with van der Waals surface area (Å²) in [4.78, 5) is 8.28. The molecule has 1 heterocycles. The average molecular weight is 528 g/mol. The number of anilines is 2. The Labute approximate surface area is 195 Å². The molecule has 16 heteroatoms. The Balaban J connectivity index is 0.00000480. The van der Waals surface area contributed by atoms with Crippen LogP contribution < -0.4 is 20.5 Å². The summed E-state index contributed by atoms with van der Waals surface area (Å²) in [6.45, 7) is 0.410. The number of sulfonamides is 2. The maximum Gasteiger partial charge on any atom is 0.262 e. The Hall–Kier alpha value is -2.07. The minimum atomic E-state index is -3.79. The van der Waals surface area contributed by atoms with Gasteiger partial charge in [-0.3, -0.25) is 19.8 Å². The third-order valence-corrected chi connectivity index (χ3v) is 6.87. The Morgan fingerprint density at radius 1 is 1.29 bits per heavy atom. The molecule has 11 nitrogen and oxygen atoms in total. The van der Waals surface area contributed by atoms with Gasteiger partial charge in [-0.2, -0.15) is 11.8 Å². The highest BCUT2D eigenvalue weighted by Gasteiger charge is 2.12. The zero-order valence-electron chi connectivity index (χ0n) is 16.2. The van der Waals surface area contributed by atoms with Gasteiger partial charge in [0.1, 0.15) is 0 Å². The highest BCUT2D eigenvalue weighted by Crippen LogP contribution is 2.19. The van der Waals surface area contributed by atoms with Crippen molar-refractivity contribution < 1.29 is 16.8 Å². The summed E-state index contributed by atoms with van der Waals surface area (Å²) in [6, 6.07) is 5.31. The smallest absolute Gasteiger partial charge is 0.262 e. The first kappa shape index (κ1) is 27.0. The third kappa shape index (κ3) is 10.2. The van der Waals surface area contributed by atoms with Crippen molar-refractivity contribution in [1.82, 2.24) is 9.71 Å². The van der Waals surface area contributed by atoms with Gasteiger partial charge >= 0.3 is 0 Å². The van der Waals surface area contributed by atoms with Crippen LogP contribution in [0, 0.1) is 5.41 Å². The zero-order valence-corrected chi connectivity index (χ0v) is 20.3. The highest BCUT2D eigenvalue weighted by molar-refractivity contribution is 7.98. The molecule has 2 aromatic rings. The average Bonchev–Trinajstić information content (AvgIpc) is 3.06. The summed E-state index contributed by atoms with van der Waals surface area (Å²) in [5.41, 5.74) is 6.37. The maximum atomic E-state index is 12.2. The Bertz CT molecular complexity index is 1100. The summed E-state index contributed by atoms with van der Waals surface area (Å²) >= 11 is 2.94. The first-order valence-electron chi connectivity index (χ1n) is 8.27. The van der Waals surface area contributed by atoms with E-state index < -0.39 is 20.0 Å². The number of aromatic nitrogens is 1. The van der Waals surface area contributed by atoms with Crippen LogP contribution in [0.2, 0.25) is 0 Å². The molecular formula is C15H22ClN7O4S4. The number of hydrogen-bond acceptors (Lipinski definition) is 9. The number of nitrogens with one attached hydrogen (secondary N) is 4. The number of thiazole rings is 1. The van der Waals surface area contributed by atoms with E-state index in [1.54, 1.807) is 11.8 Å². The zero-order chi connectivity index (χ0) is 22.2. The molecule has 0 radical (unpaired) electrons. The molecule has 2 rings (SSSR count). The van der Waals surface area contributed by atoms with Crippen molar-refractivity contribution in [2.24, 2.45) is 10.7 Å². The molecule has 0 amide bonds. The Kier molecular flexibility index (Phi) is 10.5. The molecule has 0 saturated carbocycles. The number of aliphatic imine (C=N–C) groups is 1. The molecule has 0 saturated heterocycles. The maximum absolute atomic E-state index is 12.2. The standard InChI is InChI=1S/C15H21N7O4S4.ClH/c1-29(23,24)22-11-2-4-13(5-3-11)30(25,26)19-10-18-6-7-27-8-12-9-28-15(20-12)21-14(16)17;/h2-5,9-10,22H,6-8H2,1H3,(H,18,19)(H4,16,17,20,21);1H. The first-order chi connectivity index (χ1) is 14.0. The molecule has 172 valence electrons. The molecule has 1 aromatic carbocycles. The van der Waals surface area contributed by atoms with E-state index in [4.69, 9.17) is 11.1 Å². The van der Waals surface area contributed by atoms with Crippen molar-refractivity contribution in [1.29, 1.82) is 5.41 Å². The van der Waals surface area contributed by atoms with E-state index in [1.807, 2.05) is 5.38 Å². The summed E-state index contributed by atoms with van der Waals surface area (Å²) in [6.07, 6.45) is 2.13. The van der Waals surface area contributed by atoms with Gasteiger partial charge in [0, 0.05) is 29.1 Å². The van der Waals surface area contributed by atoms with Crippen molar-refractivity contribution >= 4 is 78.7 Å². The molecule has 31 heavy (non-hydrogen) atoms. The lowest BCUT2D eigenvalue weighted by Crippen LogP contribution is -2.22. The third-order valence-electron chi connectivity index (χ3n) is 3.18. The minimum absolute atomic E-state index is 0. The molecular weight excluding hydrogens is 506 g/mol. The van der Waals surface area contributed by atoms with Gasteiger partial charge in [0.25, 0.3) is 10.0 Å². The van der Waals surface area contributed by atoms with E-state index in [0.717, 1.165) is 18.3 Å². The summed E-state index contributed by atoms with van der Waals surface area (Å²) in [7, 11) is -7.22. The quantitative estimate of drug-likeness (QED) is 0.165. The van der Waals surface area contributed by atoms with E-state index in [2.05, 4.69) is 24.7 Å². The van der Waals surface area contributed by atoms with Crippen molar-refractivity contribution in [2.45, 2.75) is 10.6 Å². The molecule has 0 spiro atoms. The molecule has 1 aromatic heterocycles. The SMILES string of the molecule is CS(=O)(=O)Nc1ccc(S(=O)(=O)NC=NCCSCc2csc(NC(=N)N)n2)cc1.Cl. The molecule has 6 N–H and O–H groups in total. The van der Waals surface area contributed by atoms with Gasteiger partial charge in [-0.1, -0.05) is 0 Å². The molecule has 0 bridgehead atoms. The van der Waals surface area contributed by atoms with Crippen LogP contribution in [0.1, 0.15) is 5.69 Å². The van der Waals surface area contributed by atoms with Gasteiger partial charge in [0.2, 0.25) is 10.0 Å². The Morgan fingerprint density at radius 3 is 2.58 bits per heavy atom. The van der Waals surface area contributed by atoms with Crippen LogP contribution in [0.4, 0.5) is 10.8 Å². The number of nitrogens with two attached hydrogens (primary N) is 1. The van der Waals surface area contributed by atoms with E-state index in [0.29, 0.717) is 23.2 Å².